The summed E-state index contributed by atoms with van der Waals surface area (Å²) in [6.07, 6.45) is 0. The first-order chi connectivity index (χ1) is 62.4. The third-order valence-corrected chi connectivity index (χ3v) is 25.6. The Kier molecular flexibility index (Phi) is 19.0. The van der Waals surface area contributed by atoms with E-state index >= 15 is 0 Å². The minimum atomic E-state index is 1.13. The lowest BCUT2D eigenvalue weighted by Crippen LogP contribution is -1.99. The van der Waals surface area contributed by atoms with Crippen molar-refractivity contribution < 1.29 is 0 Å². The van der Waals surface area contributed by atoms with Crippen LogP contribution in [0.15, 0.2) is 497 Å². The summed E-state index contributed by atoms with van der Waals surface area (Å²) in [6.45, 7) is 0. The molecule has 2 nitrogen and oxygen atoms in total. The van der Waals surface area contributed by atoms with Crippen LogP contribution in [0, 0.1) is 0 Å². The van der Waals surface area contributed by atoms with Crippen molar-refractivity contribution in [3.63, 3.8) is 0 Å². The molecule has 0 unspecified atom stereocenters. The molecule has 2 heteroatoms. The van der Waals surface area contributed by atoms with E-state index in [1.165, 1.54) is 197 Å². The normalized spacial score (nSPS) is 11.5. The van der Waals surface area contributed by atoms with Crippen molar-refractivity contribution in [2.45, 2.75) is 0 Å². The smallest absolute Gasteiger partial charge is 0.0535 e. The number of rotatable bonds is 14. The summed E-state index contributed by atoms with van der Waals surface area (Å²) in [7, 11) is 0. The molecular formula is C124H82N2. The van der Waals surface area contributed by atoms with Crippen molar-refractivity contribution in [2.24, 2.45) is 0 Å². The zero-order valence-electron chi connectivity index (χ0n) is 69.2. The van der Waals surface area contributed by atoms with E-state index in [2.05, 4.69) is 507 Å². The predicted molar refractivity (Wildman–Crippen MR) is 537 cm³/mol. The highest BCUT2D eigenvalue weighted by molar-refractivity contribution is 6.14. The summed E-state index contributed by atoms with van der Waals surface area (Å²) in [6, 6.07) is 182. The number of hydrogen-bond donors (Lipinski definition) is 0. The molecule has 0 N–H and O–H groups in total. The van der Waals surface area contributed by atoms with Crippen LogP contribution >= 0.6 is 0 Å². The van der Waals surface area contributed by atoms with Gasteiger partial charge in [0.2, 0.25) is 0 Å². The second kappa shape index (κ2) is 32.1. The van der Waals surface area contributed by atoms with E-state index in [1.54, 1.807) is 0 Å². The quantitative estimate of drug-likeness (QED) is 0.0961. The van der Waals surface area contributed by atoms with E-state index in [1.807, 2.05) is 0 Å². The van der Waals surface area contributed by atoms with Crippen LogP contribution in [0.2, 0.25) is 0 Å². The van der Waals surface area contributed by atoms with Gasteiger partial charge in [-0.1, -0.05) is 413 Å². The van der Waals surface area contributed by atoms with Gasteiger partial charge in [-0.2, -0.15) is 0 Å². The summed E-state index contributed by atoms with van der Waals surface area (Å²) >= 11 is 0. The van der Waals surface area contributed by atoms with Crippen LogP contribution in [0.3, 0.4) is 0 Å². The number of aromatic nitrogens is 2. The fourth-order valence-electron chi connectivity index (χ4n) is 19.2. The van der Waals surface area contributed by atoms with Gasteiger partial charge in [-0.3, -0.25) is 0 Å². The highest BCUT2D eigenvalue weighted by Gasteiger charge is 2.21. The van der Waals surface area contributed by atoms with E-state index in [-0.39, 0.29) is 0 Å². The minimum absolute atomic E-state index is 1.13. The van der Waals surface area contributed by atoms with Gasteiger partial charge in [0, 0.05) is 11.4 Å². The molecule has 22 aromatic carbocycles. The molecule has 0 fully saturated rings. The molecule has 0 bridgehead atoms. The summed E-state index contributed by atoms with van der Waals surface area (Å²) in [4.78, 5) is 0. The van der Waals surface area contributed by atoms with Crippen molar-refractivity contribution in [2.75, 3.05) is 0 Å². The Bertz CT molecular complexity index is 8120. The van der Waals surface area contributed by atoms with Crippen molar-refractivity contribution >= 4 is 86.2 Å². The van der Waals surface area contributed by atoms with Crippen molar-refractivity contribution in [3.05, 3.63) is 497 Å². The number of nitrogens with zero attached hydrogens (tertiary/aromatic N) is 2. The Hall–Kier alpha value is -16.5. The molecule has 0 spiro atoms. The van der Waals surface area contributed by atoms with Crippen molar-refractivity contribution in [3.8, 4) is 145 Å². The summed E-state index contributed by atoms with van der Waals surface area (Å²) in [5.41, 5.74) is 31.1. The first-order valence-corrected chi connectivity index (χ1v) is 43.5. The van der Waals surface area contributed by atoms with Gasteiger partial charge in [-0.15, -0.1) is 0 Å². The Labute approximate surface area is 733 Å². The van der Waals surface area contributed by atoms with E-state index in [0.29, 0.717) is 0 Å². The second-order valence-electron chi connectivity index (χ2n) is 33.0. The molecule has 0 saturated carbocycles. The molecule has 2 heterocycles. The lowest BCUT2D eigenvalue weighted by atomic mass is 9.89. The lowest BCUT2D eigenvalue weighted by Gasteiger charge is -2.17. The van der Waals surface area contributed by atoms with Crippen LogP contribution in [-0.4, -0.2) is 9.13 Å². The zero-order chi connectivity index (χ0) is 83.4. The van der Waals surface area contributed by atoms with Crippen LogP contribution in [0.5, 0.6) is 0 Å². The van der Waals surface area contributed by atoms with Gasteiger partial charge in [0.1, 0.15) is 0 Å². The fourth-order valence-corrected chi connectivity index (χ4v) is 19.2. The Morgan fingerprint density at radius 3 is 0.651 bits per heavy atom. The number of benzene rings is 22. The van der Waals surface area contributed by atoms with Crippen molar-refractivity contribution in [1.29, 1.82) is 0 Å². The van der Waals surface area contributed by atoms with Crippen LogP contribution in [0.1, 0.15) is 0 Å². The highest BCUT2D eigenvalue weighted by Crippen LogP contribution is 2.46. The van der Waals surface area contributed by atoms with Gasteiger partial charge in [-0.25, -0.2) is 0 Å². The topological polar surface area (TPSA) is 9.86 Å². The van der Waals surface area contributed by atoms with Gasteiger partial charge in [0.15, 0.2) is 0 Å². The van der Waals surface area contributed by atoms with Gasteiger partial charge in [0.05, 0.1) is 22.8 Å². The molecule has 0 saturated heterocycles. The number of hydrogen-bond acceptors (Lipinski definition) is 0. The average molecular weight is 1600 g/mol. The molecule has 2 aromatic heterocycles. The summed E-state index contributed by atoms with van der Waals surface area (Å²) in [5.74, 6) is 0. The maximum absolute atomic E-state index is 2.42. The van der Waals surface area contributed by atoms with Crippen LogP contribution in [0.4, 0.5) is 0 Å². The van der Waals surface area contributed by atoms with Gasteiger partial charge < -0.3 is 9.13 Å². The maximum Gasteiger partial charge on any atom is 0.0535 e. The molecule has 0 radical (unpaired) electrons. The van der Waals surface area contributed by atoms with Crippen molar-refractivity contribution in [1.82, 2.24) is 9.13 Å². The Morgan fingerprint density at radius 2 is 0.333 bits per heavy atom. The van der Waals surface area contributed by atoms with Gasteiger partial charge in [0.25, 0.3) is 0 Å². The second-order valence-corrected chi connectivity index (χ2v) is 33.0. The predicted octanol–water partition coefficient (Wildman–Crippen LogP) is 34.2. The molecule has 0 amide bonds. The molecule has 0 aliphatic heterocycles. The summed E-state index contributed by atoms with van der Waals surface area (Å²) in [5, 5.41) is 19.8. The first kappa shape index (κ1) is 74.5. The standard InChI is InChI=1S/2C62H41N/c1-3-15-48(16-4-1)61-37-38-62(49-17-5-2-6-18-49)63(61)52-34-33-50-40-59-57(46-29-25-44(26-30-46)55-23-11-19-42-13-7-9-21-53(42)55)35-36-58(60(59)41-51(50)39-52)47-31-27-45(28-32-47)56-24-12-20-43-14-8-10-22-54(43)56;1-3-13-48(14-4-1)61-35-36-62(49-15-5-2-6-16-49)63(61)56-32-31-54-40-59-57(46-25-19-44(20-26-46)52-29-23-42-11-7-9-17-50(42)37-52)33-34-58(60(59)41-55(54)39-56)47-27-21-45(22-28-47)53-30-24-43-12-8-10-18-51(43)38-53/h2*1-41H. The van der Waals surface area contributed by atoms with E-state index in [0.717, 1.165) is 34.2 Å². The molecule has 588 valence electrons. The van der Waals surface area contributed by atoms with Gasteiger partial charge >= 0.3 is 0 Å². The minimum Gasteiger partial charge on any atom is -0.309 e. The monoisotopic (exact) mass is 1600 g/mol. The molecular weight excluding hydrogens is 1520 g/mol. The van der Waals surface area contributed by atoms with E-state index in [9.17, 15) is 0 Å². The van der Waals surface area contributed by atoms with Crippen LogP contribution in [0.25, 0.3) is 232 Å². The maximum atomic E-state index is 2.42. The van der Waals surface area contributed by atoms with E-state index in [4.69, 9.17) is 0 Å². The molecule has 0 aliphatic rings. The SMILES string of the molecule is c1ccc(-c2ccc(-c3ccccc3)n2-c2ccc3cc4c(-c5ccc(-c6ccc7ccccc7c6)cc5)ccc(-c5ccc(-c6ccc7ccccc7c6)cc5)c4cc3c2)cc1.c1ccc(-c2ccc(-c3ccccc3)n2-c2ccc3cc4c(-c5ccc(-c6cccc7ccccc67)cc5)ccc(-c5ccc(-c6cccc7ccccc67)cc5)c4cc3c2)cc1. The zero-order valence-corrected chi connectivity index (χ0v) is 69.2. The molecule has 24 aromatic rings. The lowest BCUT2D eigenvalue weighted by molar-refractivity contribution is 1.10. The molecule has 126 heavy (non-hydrogen) atoms. The van der Waals surface area contributed by atoms with Crippen LogP contribution in [-0.2, 0) is 0 Å². The van der Waals surface area contributed by atoms with Crippen LogP contribution < -0.4 is 0 Å². The molecule has 0 aliphatic carbocycles. The summed E-state index contributed by atoms with van der Waals surface area (Å²) < 4.78 is 4.82. The first-order valence-electron chi connectivity index (χ1n) is 43.5. The third-order valence-electron chi connectivity index (χ3n) is 25.6. The Morgan fingerprint density at radius 1 is 0.103 bits per heavy atom. The molecule has 24 rings (SSSR count). The average Bonchev–Trinajstić information content (AvgIpc) is 1.04. The number of fused-ring (bicyclic) bond motifs is 8. The largest absolute Gasteiger partial charge is 0.309 e. The van der Waals surface area contributed by atoms with Gasteiger partial charge in [-0.05, 0) is 282 Å². The van der Waals surface area contributed by atoms with E-state index < -0.39 is 0 Å². The highest BCUT2D eigenvalue weighted by atomic mass is 15.0. The molecule has 0 atom stereocenters. The third kappa shape index (κ3) is 14.0. The fraction of sp³-hybridized carbons (Fsp3) is 0. The Balaban J connectivity index is 0.000000145.